The Morgan fingerprint density at radius 3 is 2.15 bits per heavy atom. The van der Waals surface area contributed by atoms with Crippen LogP contribution in [0.5, 0.6) is 0 Å². The first-order chi connectivity index (χ1) is 9.61. The average molecular weight is 402 g/mol. The van der Waals surface area contributed by atoms with E-state index in [0.29, 0.717) is 0 Å². The molecule has 0 heterocycles. The molecular formula is C17H27ClOSn. The molecule has 0 saturated carbocycles. The van der Waals surface area contributed by atoms with Crippen LogP contribution in [0.1, 0.15) is 51.2 Å². The minimum absolute atomic E-state index is 0.519. The molecule has 1 N–H and O–H groups in total. The number of hydrogen-bond acceptors (Lipinski definition) is 1. The van der Waals surface area contributed by atoms with E-state index in [4.69, 9.17) is 8.92 Å². The fourth-order valence-corrected chi connectivity index (χ4v) is 13.1. The van der Waals surface area contributed by atoms with Crippen molar-refractivity contribution in [2.75, 3.05) is 0 Å². The van der Waals surface area contributed by atoms with Gasteiger partial charge >= 0.3 is 132 Å². The van der Waals surface area contributed by atoms with Gasteiger partial charge in [-0.15, -0.1) is 0 Å². The normalized spacial score (nSPS) is 13.8. The summed E-state index contributed by atoms with van der Waals surface area (Å²) in [5.41, 5.74) is 0.944. The van der Waals surface area contributed by atoms with Gasteiger partial charge in [-0.05, 0) is 0 Å². The molecule has 0 radical (unpaired) electrons. The number of benzene rings is 1. The summed E-state index contributed by atoms with van der Waals surface area (Å²) in [4.78, 5) is 0. The Hall–Kier alpha value is 0.00870. The van der Waals surface area contributed by atoms with Crippen LogP contribution in [-0.4, -0.2) is 22.4 Å². The molecule has 1 nitrogen and oxygen atoms in total. The molecule has 0 fully saturated rings. The first kappa shape index (κ1) is 18.1. The first-order valence-electron chi connectivity index (χ1n) is 7.72. The molecule has 0 amide bonds. The summed E-state index contributed by atoms with van der Waals surface area (Å²) in [5.74, 6) is 0. The molecule has 0 saturated heterocycles. The fourth-order valence-electron chi connectivity index (χ4n) is 2.26. The molecule has 1 atom stereocenters. The van der Waals surface area contributed by atoms with Crippen LogP contribution in [0.4, 0.5) is 0 Å². The van der Waals surface area contributed by atoms with Crippen LogP contribution in [0.3, 0.4) is 0 Å². The minimum atomic E-state index is -2.65. The van der Waals surface area contributed by atoms with Crippen molar-refractivity contribution in [3.05, 3.63) is 46.1 Å². The first-order valence-corrected chi connectivity index (χ1v) is 17.0. The molecular weight excluding hydrogens is 374 g/mol. The maximum atomic E-state index is 10.2. The van der Waals surface area contributed by atoms with E-state index in [1.54, 1.807) is 0 Å². The molecule has 1 rings (SSSR count). The van der Waals surface area contributed by atoms with E-state index in [9.17, 15) is 5.11 Å². The SMILES string of the molecule is CCC[CH2][Sn]([Cl])(/[CH]=C\C(O)c1ccccc1)[CH2]CCC. The van der Waals surface area contributed by atoms with Gasteiger partial charge in [-0.1, -0.05) is 0 Å². The fraction of sp³-hybridized carbons (Fsp3) is 0.529. The summed E-state index contributed by atoms with van der Waals surface area (Å²) < 4.78 is 4.59. The Morgan fingerprint density at radius 2 is 1.65 bits per heavy atom. The van der Waals surface area contributed by atoms with Gasteiger partial charge in [-0.2, -0.15) is 0 Å². The van der Waals surface area contributed by atoms with Crippen molar-refractivity contribution < 1.29 is 5.11 Å². The predicted molar refractivity (Wildman–Crippen MR) is 91.6 cm³/mol. The predicted octanol–water partition coefficient (Wildman–Crippen LogP) is 5.60. The molecule has 0 aliphatic carbocycles. The number of hydrogen-bond donors (Lipinski definition) is 1. The molecule has 0 aliphatic heterocycles. The summed E-state index contributed by atoms with van der Waals surface area (Å²) in [6, 6.07) is 9.79. The van der Waals surface area contributed by atoms with Crippen LogP contribution in [-0.2, 0) is 0 Å². The second-order valence-corrected chi connectivity index (χ2v) is 20.2. The van der Waals surface area contributed by atoms with Gasteiger partial charge in [0.25, 0.3) is 0 Å². The van der Waals surface area contributed by atoms with E-state index in [1.807, 2.05) is 36.4 Å². The van der Waals surface area contributed by atoms with Gasteiger partial charge in [0.1, 0.15) is 0 Å². The summed E-state index contributed by atoms with van der Waals surface area (Å²) >= 11 is -2.65. The van der Waals surface area contributed by atoms with Gasteiger partial charge in [0.05, 0.1) is 0 Å². The van der Waals surface area contributed by atoms with E-state index in [2.05, 4.69) is 17.9 Å². The molecule has 0 bridgehead atoms. The molecule has 20 heavy (non-hydrogen) atoms. The van der Waals surface area contributed by atoms with Crippen LogP contribution in [0, 0.1) is 0 Å². The van der Waals surface area contributed by atoms with Crippen LogP contribution in [0.15, 0.2) is 40.5 Å². The van der Waals surface area contributed by atoms with Crippen molar-refractivity contribution in [1.82, 2.24) is 0 Å². The quantitative estimate of drug-likeness (QED) is 0.534. The number of aliphatic hydroxyl groups is 1. The Morgan fingerprint density at radius 1 is 1.10 bits per heavy atom. The van der Waals surface area contributed by atoms with Crippen molar-refractivity contribution >= 4 is 26.2 Å². The van der Waals surface area contributed by atoms with Crippen molar-refractivity contribution in [2.45, 2.75) is 54.5 Å². The van der Waals surface area contributed by atoms with Crippen LogP contribution < -0.4 is 0 Å². The Bertz CT molecular complexity index is 383. The summed E-state index contributed by atoms with van der Waals surface area (Å²) in [6.07, 6.45) is 6.25. The molecule has 3 heteroatoms. The molecule has 112 valence electrons. The zero-order valence-electron chi connectivity index (χ0n) is 12.7. The number of unbranched alkanes of at least 4 members (excludes halogenated alkanes) is 2. The standard InChI is InChI=1S/C9H9O.2C4H9.ClH.Sn/c1-2-9(10)8-6-4-3-5-7-8;2*1-3-4-2;;/h1-7,9-10H;2*1,3-4H2,2H3;1H;/q;;;;+1/p-1. The Kier molecular flexibility index (Phi) is 8.90. The summed E-state index contributed by atoms with van der Waals surface area (Å²) in [6.45, 7) is 4.43. The van der Waals surface area contributed by atoms with Gasteiger partial charge in [0.15, 0.2) is 0 Å². The van der Waals surface area contributed by atoms with Gasteiger partial charge < -0.3 is 0 Å². The van der Waals surface area contributed by atoms with Crippen molar-refractivity contribution in [1.29, 1.82) is 0 Å². The zero-order chi connectivity index (χ0) is 14.8. The van der Waals surface area contributed by atoms with Gasteiger partial charge in [-0.25, -0.2) is 0 Å². The van der Waals surface area contributed by atoms with Crippen LogP contribution in [0.2, 0.25) is 8.87 Å². The maximum absolute atomic E-state index is 10.2. The Balaban J connectivity index is 2.69. The average Bonchev–Trinajstić information content (AvgIpc) is 2.50. The summed E-state index contributed by atoms with van der Waals surface area (Å²) in [7, 11) is 6.94. The molecule has 1 aromatic rings. The van der Waals surface area contributed by atoms with E-state index in [0.717, 1.165) is 5.56 Å². The van der Waals surface area contributed by atoms with Crippen molar-refractivity contribution in [3.63, 3.8) is 0 Å². The van der Waals surface area contributed by atoms with E-state index >= 15 is 0 Å². The number of aliphatic hydroxyl groups excluding tert-OH is 1. The molecule has 1 unspecified atom stereocenters. The molecule has 0 aliphatic rings. The summed E-state index contributed by atoms with van der Waals surface area (Å²) in [5, 5.41) is 10.2. The van der Waals surface area contributed by atoms with Gasteiger partial charge in [-0.3, -0.25) is 0 Å². The third-order valence-electron chi connectivity index (χ3n) is 3.61. The number of rotatable bonds is 9. The number of halogens is 1. The second-order valence-electron chi connectivity index (χ2n) is 5.46. The second kappa shape index (κ2) is 9.86. The van der Waals surface area contributed by atoms with Crippen molar-refractivity contribution in [3.8, 4) is 0 Å². The van der Waals surface area contributed by atoms with Gasteiger partial charge in [0, 0.05) is 0 Å². The van der Waals surface area contributed by atoms with E-state index in [-0.39, 0.29) is 0 Å². The van der Waals surface area contributed by atoms with E-state index in [1.165, 1.54) is 34.6 Å². The topological polar surface area (TPSA) is 20.2 Å². The Labute approximate surface area is 131 Å². The third-order valence-corrected chi connectivity index (χ3v) is 16.0. The monoisotopic (exact) mass is 402 g/mol. The molecule has 0 aromatic heterocycles. The molecule has 1 aromatic carbocycles. The van der Waals surface area contributed by atoms with E-state index < -0.39 is 23.4 Å². The molecule has 0 spiro atoms. The zero-order valence-corrected chi connectivity index (χ0v) is 16.3. The van der Waals surface area contributed by atoms with Crippen LogP contribution >= 0.6 is 8.92 Å². The van der Waals surface area contributed by atoms with Crippen LogP contribution in [0.25, 0.3) is 0 Å². The van der Waals surface area contributed by atoms with Crippen molar-refractivity contribution in [2.24, 2.45) is 0 Å². The third kappa shape index (κ3) is 6.64. The van der Waals surface area contributed by atoms with Gasteiger partial charge in [0.2, 0.25) is 0 Å².